The summed E-state index contributed by atoms with van der Waals surface area (Å²) in [5.41, 5.74) is 4.57. The summed E-state index contributed by atoms with van der Waals surface area (Å²) in [5.74, 6) is 0.413. The molecule has 0 saturated heterocycles. The summed E-state index contributed by atoms with van der Waals surface area (Å²) in [6.07, 6.45) is 2.15. The monoisotopic (exact) mass is 499 g/mol. The number of carbonyl (C=O) groups excluding carboxylic acids is 2. The van der Waals surface area contributed by atoms with Gasteiger partial charge >= 0.3 is 0 Å². The largest absolute Gasteiger partial charge is 0.497 e. The second-order valence-electron chi connectivity index (χ2n) is 9.16. The summed E-state index contributed by atoms with van der Waals surface area (Å²) < 4.78 is 8.62. The number of amides is 1. The third kappa shape index (κ3) is 4.65. The number of aryl methyl sites for hydroxylation is 1. The van der Waals surface area contributed by atoms with Crippen molar-refractivity contribution in [3.63, 3.8) is 0 Å². The van der Waals surface area contributed by atoms with E-state index in [-0.39, 0.29) is 17.2 Å². The lowest BCUT2D eigenvalue weighted by molar-refractivity contribution is 0.101. The van der Waals surface area contributed by atoms with E-state index in [2.05, 4.69) is 15.3 Å². The minimum absolute atomic E-state index is 0.0418. The average molecular weight is 500 g/mol. The summed E-state index contributed by atoms with van der Waals surface area (Å²) in [4.78, 5) is 40.5. The van der Waals surface area contributed by atoms with Crippen LogP contribution in [0.1, 0.15) is 51.4 Å². The zero-order valence-corrected chi connectivity index (χ0v) is 21.2. The number of hydrogen-bond acceptors (Lipinski definition) is 6. The first-order valence-electron chi connectivity index (χ1n) is 12.3. The highest BCUT2D eigenvalue weighted by Gasteiger charge is 2.27. The lowest BCUT2D eigenvalue weighted by Crippen LogP contribution is -2.38. The molecule has 2 aromatic heterocycles. The van der Waals surface area contributed by atoms with Crippen molar-refractivity contribution in [2.45, 2.75) is 39.9 Å². The molecule has 2 aromatic carbocycles. The second-order valence-corrected chi connectivity index (χ2v) is 9.16. The Bertz CT molecular complexity index is 1530. The maximum atomic E-state index is 13.5. The normalized spacial score (nSPS) is 13.4. The van der Waals surface area contributed by atoms with E-state index in [1.54, 1.807) is 31.4 Å². The average Bonchev–Trinajstić information content (AvgIpc) is 3.35. The molecule has 9 heteroatoms. The minimum atomic E-state index is -0.357. The molecule has 0 aliphatic carbocycles. The number of ether oxygens (including phenoxy) is 1. The van der Waals surface area contributed by atoms with Gasteiger partial charge in [0.1, 0.15) is 11.3 Å². The fourth-order valence-electron chi connectivity index (χ4n) is 4.92. The molecule has 190 valence electrons. The molecular weight excluding hydrogens is 470 g/mol. The molecule has 5 rings (SSSR count). The third-order valence-corrected chi connectivity index (χ3v) is 6.85. The highest BCUT2D eigenvalue weighted by Crippen LogP contribution is 2.23. The van der Waals surface area contributed by atoms with Crippen LogP contribution in [-0.2, 0) is 26.1 Å². The topological polar surface area (TPSA) is 97.9 Å². The van der Waals surface area contributed by atoms with Gasteiger partial charge in [-0.1, -0.05) is 12.1 Å². The number of benzene rings is 2. The maximum Gasteiger partial charge on any atom is 0.279 e. The Balaban J connectivity index is 1.44. The van der Waals surface area contributed by atoms with Gasteiger partial charge in [-0.05, 0) is 55.8 Å². The predicted octanol–water partition coefficient (Wildman–Crippen LogP) is 3.54. The highest BCUT2D eigenvalue weighted by atomic mass is 16.5. The molecular formula is C28H29N5O4. The number of methoxy groups -OCH3 is 1. The van der Waals surface area contributed by atoms with Crippen LogP contribution in [0, 0.1) is 0 Å². The molecule has 0 atom stereocenters. The maximum absolute atomic E-state index is 13.5. The van der Waals surface area contributed by atoms with Crippen molar-refractivity contribution in [2.24, 2.45) is 0 Å². The summed E-state index contributed by atoms with van der Waals surface area (Å²) in [6.45, 7) is 6.14. The number of nitrogens with one attached hydrogen (secondary N) is 1. The summed E-state index contributed by atoms with van der Waals surface area (Å²) >= 11 is 0. The SMILES string of the molecule is CCn1c2c(c(=O)n3ncc(C(=O)Nc4ccc(C(C)=O)cc4)c13)CN(Cc1ccc(OC)cc1)CC2. The number of fused-ring (bicyclic) bond motifs is 2. The molecule has 0 radical (unpaired) electrons. The number of ketones is 1. The molecule has 1 aliphatic heterocycles. The van der Waals surface area contributed by atoms with Gasteiger partial charge in [-0.25, -0.2) is 0 Å². The van der Waals surface area contributed by atoms with Crippen molar-refractivity contribution in [1.82, 2.24) is 19.1 Å². The molecule has 37 heavy (non-hydrogen) atoms. The van der Waals surface area contributed by atoms with Gasteiger partial charge in [0.25, 0.3) is 11.5 Å². The van der Waals surface area contributed by atoms with Gasteiger partial charge < -0.3 is 14.6 Å². The van der Waals surface area contributed by atoms with Gasteiger partial charge in [0.05, 0.1) is 18.9 Å². The van der Waals surface area contributed by atoms with E-state index in [0.29, 0.717) is 47.5 Å². The van der Waals surface area contributed by atoms with E-state index >= 15 is 0 Å². The standard InChI is InChI=1S/C28H29N5O4/c1-4-32-25-13-14-31(16-19-5-11-22(37-3)12-6-19)17-24(25)28(36)33-27(32)23(15-29-33)26(35)30-21-9-7-20(8-10-21)18(2)34/h5-12,15H,4,13-14,16-17H2,1-3H3,(H,30,35). The van der Waals surface area contributed by atoms with Crippen LogP contribution in [-0.4, -0.2) is 44.4 Å². The number of rotatable bonds is 7. The van der Waals surface area contributed by atoms with Gasteiger partial charge in [0.2, 0.25) is 0 Å². The van der Waals surface area contributed by atoms with Crippen LogP contribution >= 0.6 is 0 Å². The second kappa shape index (κ2) is 10.0. The zero-order valence-electron chi connectivity index (χ0n) is 21.2. The number of anilines is 1. The molecule has 4 aromatic rings. The van der Waals surface area contributed by atoms with Gasteiger partial charge in [-0.2, -0.15) is 9.61 Å². The third-order valence-electron chi connectivity index (χ3n) is 6.85. The molecule has 9 nitrogen and oxygen atoms in total. The minimum Gasteiger partial charge on any atom is -0.497 e. The smallest absolute Gasteiger partial charge is 0.279 e. The molecule has 0 saturated carbocycles. The summed E-state index contributed by atoms with van der Waals surface area (Å²) in [6, 6.07) is 14.7. The van der Waals surface area contributed by atoms with E-state index in [0.717, 1.165) is 30.1 Å². The van der Waals surface area contributed by atoms with Crippen LogP contribution in [0.5, 0.6) is 5.75 Å². The number of hydrogen-bond donors (Lipinski definition) is 1. The van der Waals surface area contributed by atoms with E-state index < -0.39 is 0 Å². The van der Waals surface area contributed by atoms with Crippen molar-refractivity contribution in [3.05, 3.63) is 93.0 Å². The Morgan fingerprint density at radius 1 is 1.08 bits per heavy atom. The Hall–Kier alpha value is -4.24. The number of nitrogens with zero attached hydrogens (tertiary/aromatic N) is 4. The van der Waals surface area contributed by atoms with Gasteiger partial charge in [0, 0.05) is 49.5 Å². The number of Topliss-reactive ketones (excluding diaryl/α,β-unsaturated/α-hetero) is 1. The molecule has 0 unspecified atom stereocenters. The first-order valence-corrected chi connectivity index (χ1v) is 12.3. The lowest BCUT2D eigenvalue weighted by Gasteiger charge is -2.30. The van der Waals surface area contributed by atoms with Gasteiger partial charge in [-0.15, -0.1) is 0 Å². The Kier molecular flexibility index (Phi) is 6.62. The molecule has 1 aliphatic rings. The van der Waals surface area contributed by atoms with E-state index in [9.17, 15) is 14.4 Å². The number of carbonyl (C=O) groups is 2. The predicted molar refractivity (Wildman–Crippen MR) is 140 cm³/mol. The molecule has 0 spiro atoms. The Morgan fingerprint density at radius 3 is 2.46 bits per heavy atom. The van der Waals surface area contributed by atoms with Crippen LogP contribution in [0.2, 0.25) is 0 Å². The Labute approximate surface area is 214 Å². The molecule has 3 heterocycles. The fourth-order valence-corrected chi connectivity index (χ4v) is 4.92. The van der Waals surface area contributed by atoms with Crippen LogP contribution in [0.25, 0.3) is 5.65 Å². The summed E-state index contributed by atoms with van der Waals surface area (Å²) in [7, 11) is 1.65. The van der Waals surface area contributed by atoms with E-state index in [4.69, 9.17) is 4.74 Å². The van der Waals surface area contributed by atoms with Crippen molar-refractivity contribution >= 4 is 23.0 Å². The van der Waals surface area contributed by atoms with Gasteiger partial charge in [0.15, 0.2) is 11.4 Å². The first kappa shape index (κ1) is 24.5. The van der Waals surface area contributed by atoms with Crippen LogP contribution < -0.4 is 15.6 Å². The number of aromatic nitrogens is 3. The van der Waals surface area contributed by atoms with E-state index in [1.165, 1.54) is 17.6 Å². The van der Waals surface area contributed by atoms with E-state index in [1.807, 2.05) is 35.8 Å². The highest BCUT2D eigenvalue weighted by molar-refractivity contribution is 6.08. The van der Waals surface area contributed by atoms with Crippen molar-refractivity contribution in [3.8, 4) is 5.75 Å². The van der Waals surface area contributed by atoms with Crippen LogP contribution in [0.4, 0.5) is 5.69 Å². The molecule has 1 amide bonds. The van der Waals surface area contributed by atoms with Crippen LogP contribution in [0.15, 0.2) is 59.5 Å². The summed E-state index contributed by atoms with van der Waals surface area (Å²) in [5, 5.41) is 7.17. The lowest BCUT2D eigenvalue weighted by atomic mass is 10.0. The first-order chi connectivity index (χ1) is 17.9. The molecule has 0 fully saturated rings. The van der Waals surface area contributed by atoms with Crippen LogP contribution in [0.3, 0.4) is 0 Å². The quantitative estimate of drug-likeness (QED) is 0.391. The zero-order chi connectivity index (χ0) is 26.1. The van der Waals surface area contributed by atoms with Crippen molar-refractivity contribution < 1.29 is 14.3 Å². The van der Waals surface area contributed by atoms with Crippen molar-refractivity contribution in [2.75, 3.05) is 19.0 Å². The molecule has 0 bridgehead atoms. The van der Waals surface area contributed by atoms with Crippen molar-refractivity contribution in [1.29, 1.82) is 0 Å². The Morgan fingerprint density at radius 2 is 1.81 bits per heavy atom. The van der Waals surface area contributed by atoms with Gasteiger partial charge in [-0.3, -0.25) is 19.3 Å². The molecule has 1 N–H and O–H groups in total. The fraction of sp³-hybridized carbons (Fsp3) is 0.286.